The van der Waals surface area contributed by atoms with Crippen molar-refractivity contribution in [3.8, 4) is 0 Å². The molecular weight excluding hydrogens is 175 g/mol. The van der Waals surface area contributed by atoms with Gasteiger partial charge in [-0.2, -0.15) is 0 Å². The van der Waals surface area contributed by atoms with E-state index >= 15 is 0 Å². The zero-order valence-corrected chi connectivity index (χ0v) is 7.70. The molecule has 1 atom stereocenters. The van der Waals surface area contributed by atoms with Crippen molar-refractivity contribution in [1.82, 2.24) is 0 Å². The van der Waals surface area contributed by atoms with Crippen LogP contribution in [0.25, 0.3) is 0 Å². The molecule has 0 bridgehead atoms. The Bertz CT molecular complexity index is 284. The Labute approximate surface area is 71.5 Å². The van der Waals surface area contributed by atoms with Crippen molar-refractivity contribution < 1.29 is 14.0 Å². The monoisotopic (exact) mass is 186 g/mol. The molecule has 0 aromatic heterocycles. The quantitative estimate of drug-likeness (QED) is 0.728. The minimum atomic E-state index is -3.54. The SMILES string of the molecule is CCOP(=O)(O)c1ccccc1. The Morgan fingerprint density at radius 2 is 2.00 bits per heavy atom. The van der Waals surface area contributed by atoms with Crippen molar-refractivity contribution in [3.05, 3.63) is 30.3 Å². The van der Waals surface area contributed by atoms with E-state index in [4.69, 9.17) is 4.52 Å². The van der Waals surface area contributed by atoms with Gasteiger partial charge in [-0.25, -0.2) is 0 Å². The number of benzene rings is 1. The summed E-state index contributed by atoms with van der Waals surface area (Å²) in [5.74, 6) is 0. The first-order valence-corrected chi connectivity index (χ1v) is 5.27. The second-order valence-corrected chi connectivity index (χ2v) is 4.09. The Balaban J connectivity index is 2.90. The van der Waals surface area contributed by atoms with E-state index in [0.29, 0.717) is 5.30 Å². The topological polar surface area (TPSA) is 46.5 Å². The van der Waals surface area contributed by atoms with E-state index in [0.717, 1.165) is 0 Å². The van der Waals surface area contributed by atoms with Crippen LogP contribution in [0, 0.1) is 0 Å². The third kappa shape index (κ3) is 2.18. The average Bonchev–Trinajstić information content (AvgIpc) is 2.06. The normalized spacial score (nSPS) is 15.5. The van der Waals surface area contributed by atoms with Crippen LogP contribution >= 0.6 is 7.60 Å². The van der Waals surface area contributed by atoms with Gasteiger partial charge in [-0.05, 0) is 19.1 Å². The van der Waals surface area contributed by atoms with Crippen LogP contribution in [-0.4, -0.2) is 11.5 Å². The molecule has 0 aliphatic heterocycles. The maximum atomic E-state index is 11.3. The summed E-state index contributed by atoms with van der Waals surface area (Å²) in [5, 5.41) is 0.340. The third-order valence-corrected chi connectivity index (χ3v) is 2.95. The minimum Gasteiger partial charge on any atom is -0.321 e. The Morgan fingerprint density at radius 3 is 2.50 bits per heavy atom. The largest absolute Gasteiger partial charge is 0.358 e. The van der Waals surface area contributed by atoms with Crippen LogP contribution in [0.1, 0.15) is 6.92 Å². The summed E-state index contributed by atoms with van der Waals surface area (Å²) in [6.07, 6.45) is 0. The molecular formula is C8H11O3P. The van der Waals surface area contributed by atoms with Gasteiger partial charge in [0, 0.05) is 0 Å². The van der Waals surface area contributed by atoms with Crippen LogP contribution < -0.4 is 5.30 Å². The summed E-state index contributed by atoms with van der Waals surface area (Å²) < 4.78 is 16.1. The Morgan fingerprint density at radius 1 is 1.42 bits per heavy atom. The van der Waals surface area contributed by atoms with Crippen molar-refractivity contribution >= 4 is 12.9 Å². The van der Waals surface area contributed by atoms with Crippen LogP contribution in [0.4, 0.5) is 0 Å². The summed E-state index contributed by atoms with van der Waals surface area (Å²) in [4.78, 5) is 9.32. The molecule has 1 aromatic carbocycles. The average molecular weight is 186 g/mol. The molecule has 0 fully saturated rings. The van der Waals surface area contributed by atoms with E-state index < -0.39 is 7.60 Å². The lowest BCUT2D eigenvalue weighted by molar-refractivity contribution is 0.284. The molecule has 12 heavy (non-hydrogen) atoms. The predicted molar refractivity (Wildman–Crippen MR) is 47.5 cm³/mol. The van der Waals surface area contributed by atoms with Gasteiger partial charge in [-0.1, -0.05) is 18.2 Å². The molecule has 3 nitrogen and oxygen atoms in total. The fraction of sp³-hybridized carbons (Fsp3) is 0.250. The van der Waals surface area contributed by atoms with E-state index in [-0.39, 0.29) is 6.61 Å². The van der Waals surface area contributed by atoms with Crippen molar-refractivity contribution in [1.29, 1.82) is 0 Å². The van der Waals surface area contributed by atoms with E-state index in [1.807, 2.05) is 0 Å². The lowest BCUT2D eigenvalue weighted by atomic mass is 10.4. The fourth-order valence-corrected chi connectivity index (χ4v) is 1.91. The van der Waals surface area contributed by atoms with Crippen LogP contribution in [0.3, 0.4) is 0 Å². The number of rotatable bonds is 3. The molecule has 0 aliphatic rings. The van der Waals surface area contributed by atoms with Crippen LogP contribution in [0.2, 0.25) is 0 Å². The summed E-state index contributed by atoms with van der Waals surface area (Å²) in [6, 6.07) is 8.36. The molecule has 0 spiro atoms. The highest BCUT2D eigenvalue weighted by molar-refractivity contribution is 7.61. The van der Waals surface area contributed by atoms with Crippen LogP contribution in [0.15, 0.2) is 30.3 Å². The van der Waals surface area contributed by atoms with E-state index in [1.165, 1.54) is 0 Å². The lowest BCUT2D eigenvalue weighted by Crippen LogP contribution is -2.05. The molecule has 0 saturated heterocycles. The van der Waals surface area contributed by atoms with Crippen molar-refractivity contribution in [2.75, 3.05) is 6.61 Å². The van der Waals surface area contributed by atoms with Crippen molar-refractivity contribution in [3.63, 3.8) is 0 Å². The lowest BCUT2D eigenvalue weighted by Gasteiger charge is -2.09. The molecule has 1 aromatic rings. The van der Waals surface area contributed by atoms with Gasteiger partial charge in [-0.15, -0.1) is 0 Å². The summed E-state index contributed by atoms with van der Waals surface area (Å²) in [6.45, 7) is 1.93. The zero-order valence-electron chi connectivity index (χ0n) is 6.80. The summed E-state index contributed by atoms with van der Waals surface area (Å²) in [5.41, 5.74) is 0. The van der Waals surface area contributed by atoms with Gasteiger partial charge >= 0.3 is 7.60 Å². The van der Waals surface area contributed by atoms with Gasteiger partial charge in [0.1, 0.15) is 0 Å². The molecule has 1 unspecified atom stereocenters. The van der Waals surface area contributed by atoms with Crippen molar-refractivity contribution in [2.45, 2.75) is 6.92 Å². The third-order valence-electron chi connectivity index (χ3n) is 1.39. The van der Waals surface area contributed by atoms with E-state index in [1.54, 1.807) is 37.3 Å². The Hall–Kier alpha value is -0.630. The van der Waals surface area contributed by atoms with Gasteiger partial charge in [0.25, 0.3) is 0 Å². The van der Waals surface area contributed by atoms with Gasteiger partial charge in [0.05, 0.1) is 11.9 Å². The standard InChI is InChI=1S/C8H11O3P/c1-2-11-12(9,10)8-6-4-3-5-7-8/h3-7H,2H2,1H3,(H,9,10). The molecule has 0 amide bonds. The van der Waals surface area contributed by atoms with Gasteiger partial charge < -0.3 is 9.42 Å². The fourth-order valence-electron chi connectivity index (χ4n) is 0.866. The molecule has 4 heteroatoms. The second-order valence-electron chi connectivity index (χ2n) is 2.27. The second kappa shape index (κ2) is 3.85. The number of hydrogen-bond acceptors (Lipinski definition) is 2. The van der Waals surface area contributed by atoms with Gasteiger partial charge in [0.15, 0.2) is 0 Å². The molecule has 0 saturated carbocycles. The maximum Gasteiger partial charge on any atom is 0.358 e. The van der Waals surface area contributed by atoms with E-state index in [9.17, 15) is 9.46 Å². The molecule has 1 N–H and O–H groups in total. The highest BCUT2D eigenvalue weighted by atomic mass is 31.2. The van der Waals surface area contributed by atoms with Crippen LogP contribution in [0.5, 0.6) is 0 Å². The molecule has 0 aliphatic carbocycles. The molecule has 66 valence electrons. The first-order chi connectivity index (χ1) is 5.67. The molecule has 1 rings (SSSR count). The van der Waals surface area contributed by atoms with Crippen LogP contribution in [-0.2, 0) is 9.09 Å². The predicted octanol–water partition coefficient (Wildman–Crippen LogP) is 1.53. The summed E-state index contributed by atoms with van der Waals surface area (Å²) in [7, 11) is -3.54. The zero-order chi connectivity index (χ0) is 9.03. The first-order valence-electron chi connectivity index (χ1n) is 3.70. The van der Waals surface area contributed by atoms with Crippen molar-refractivity contribution in [2.24, 2.45) is 0 Å². The number of hydrogen-bond donors (Lipinski definition) is 1. The minimum absolute atomic E-state index is 0.239. The molecule has 0 heterocycles. The smallest absolute Gasteiger partial charge is 0.321 e. The van der Waals surface area contributed by atoms with Gasteiger partial charge in [0.2, 0.25) is 0 Å². The molecule has 0 radical (unpaired) electrons. The maximum absolute atomic E-state index is 11.3. The van der Waals surface area contributed by atoms with E-state index in [2.05, 4.69) is 0 Å². The van der Waals surface area contributed by atoms with Gasteiger partial charge in [-0.3, -0.25) is 4.57 Å². The Kier molecular flexibility index (Phi) is 3.04. The highest BCUT2D eigenvalue weighted by Gasteiger charge is 2.20. The summed E-state index contributed by atoms with van der Waals surface area (Å²) >= 11 is 0. The first kappa shape index (κ1) is 9.46. The highest BCUT2D eigenvalue weighted by Crippen LogP contribution is 2.39.